The second-order valence-electron chi connectivity index (χ2n) is 3.33. The van der Waals surface area contributed by atoms with Crippen LogP contribution in [0.15, 0.2) is 28.9 Å². The van der Waals surface area contributed by atoms with E-state index in [1.54, 1.807) is 13.0 Å². The molecule has 0 radical (unpaired) electrons. The first kappa shape index (κ1) is 10.4. The first-order chi connectivity index (χ1) is 7.58. The maximum Gasteiger partial charge on any atom is 0.357 e. The molecule has 1 aromatic carbocycles. The van der Waals surface area contributed by atoms with Crippen molar-refractivity contribution in [1.82, 2.24) is 4.98 Å². The van der Waals surface area contributed by atoms with Crippen LogP contribution in [0, 0.1) is 12.7 Å². The topological polar surface area (TPSA) is 63.3 Å². The SMILES string of the molecule is Cc1ccc(-c2nc(C(=O)O)co2)c(F)c1. The Kier molecular flexibility index (Phi) is 2.44. The van der Waals surface area contributed by atoms with Crippen molar-refractivity contribution >= 4 is 5.97 Å². The number of carboxylic acids is 1. The Morgan fingerprint density at radius 3 is 2.81 bits per heavy atom. The Labute approximate surface area is 90.4 Å². The summed E-state index contributed by atoms with van der Waals surface area (Å²) in [5.74, 6) is -1.73. The highest BCUT2D eigenvalue weighted by Crippen LogP contribution is 2.22. The predicted molar refractivity (Wildman–Crippen MR) is 53.6 cm³/mol. The van der Waals surface area contributed by atoms with Crippen LogP contribution in [0.2, 0.25) is 0 Å². The van der Waals surface area contributed by atoms with Crippen LogP contribution >= 0.6 is 0 Å². The van der Waals surface area contributed by atoms with E-state index in [4.69, 9.17) is 9.52 Å². The van der Waals surface area contributed by atoms with Gasteiger partial charge in [-0.05, 0) is 24.6 Å². The van der Waals surface area contributed by atoms with E-state index in [0.29, 0.717) is 0 Å². The van der Waals surface area contributed by atoms with Crippen LogP contribution in [0.1, 0.15) is 16.1 Å². The zero-order chi connectivity index (χ0) is 11.7. The minimum absolute atomic E-state index is 0.0325. The number of hydrogen-bond donors (Lipinski definition) is 1. The van der Waals surface area contributed by atoms with Gasteiger partial charge in [0.15, 0.2) is 5.69 Å². The van der Waals surface area contributed by atoms with Crippen LogP contribution in [0.3, 0.4) is 0 Å². The summed E-state index contributed by atoms with van der Waals surface area (Å²) >= 11 is 0. The number of rotatable bonds is 2. The Morgan fingerprint density at radius 1 is 1.50 bits per heavy atom. The smallest absolute Gasteiger partial charge is 0.357 e. The Bertz CT molecular complexity index is 548. The van der Waals surface area contributed by atoms with Gasteiger partial charge in [0.25, 0.3) is 0 Å². The van der Waals surface area contributed by atoms with Crippen LogP contribution in [0.5, 0.6) is 0 Å². The molecule has 2 aromatic rings. The van der Waals surface area contributed by atoms with E-state index in [1.165, 1.54) is 12.1 Å². The van der Waals surface area contributed by atoms with E-state index in [0.717, 1.165) is 11.8 Å². The molecule has 0 fully saturated rings. The Balaban J connectivity index is 2.46. The fourth-order valence-corrected chi connectivity index (χ4v) is 1.29. The first-order valence-corrected chi connectivity index (χ1v) is 4.53. The Morgan fingerprint density at radius 2 is 2.25 bits per heavy atom. The van der Waals surface area contributed by atoms with Crippen molar-refractivity contribution in [3.05, 3.63) is 41.5 Å². The van der Waals surface area contributed by atoms with Crippen molar-refractivity contribution in [2.45, 2.75) is 6.92 Å². The molecule has 4 nitrogen and oxygen atoms in total. The van der Waals surface area contributed by atoms with Crippen molar-refractivity contribution < 1.29 is 18.7 Å². The van der Waals surface area contributed by atoms with Gasteiger partial charge in [0.05, 0.1) is 5.56 Å². The molecule has 0 aliphatic heterocycles. The number of carbonyl (C=O) groups is 1. The lowest BCUT2D eigenvalue weighted by Crippen LogP contribution is -1.96. The van der Waals surface area contributed by atoms with E-state index >= 15 is 0 Å². The number of oxazole rings is 1. The standard InChI is InChI=1S/C11H8FNO3/c1-6-2-3-7(8(12)4-6)10-13-9(5-16-10)11(14)15/h2-5H,1H3,(H,14,15). The molecule has 0 spiro atoms. The number of hydrogen-bond acceptors (Lipinski definition) is 3. The molecular weight excluding hydrogens is 213 g/mol. The summed E-state index contributed by atoms with van der Waals surface area (Å²) in [5, 5.41) is 8.64. The van der Waals surface area contributed by atoms with E-state index in [9.17, 15) is 9.18 Å². The summed E-state index contributed by atoms with van der Waals surface area (Å²) in [6.07, 6.45) is 0.983. The largest absolute Gasteiger partial charge is 0.476 e. The predicted octanol–water partition coefficient (Wildman–Crippen LogP) is 2.49. The van der Waals surface area contributed by atoms with Crippen LogP contribution in [0.4, 0.5) is 4.39 Å². The highest BCUT2D eigenvalue weighted by molar-refractivity contribution is 5.85. The lowest BCUT2D eigenvalue weighted by atomic mass is 10.1. The molecule has 0 saturated carbocycles. The average Bonchev–Trinajstić information content (AvgIpc) is 2.66. The van der Waals surface area contributed by atoms with Gasteiger partial charge < -0.3 is 9.52 Å². The van der Waals surface area contributed by atoms with Gasteiger partial charge >= 0.3 is 5.97 Å². The van der Waals surface area contributed by atoms with Gasteiger partial charge in [-0.2, -0.15) is 0 Å². The molecule has 1 aromatic heterocycles. The van der Waals surface area contributed by atoms with Gasteiger partial charge in [-0.25, -0.2) is 14.2 Å². The highest BCUT2D eigenvalue weighted by Gasteiger charge is 2.14. The molecule has 16 heavy (non-hydrogen) atoms. The zero-order valence-corrected chi connectivity index (χ0v) is 8.40. The van der Waals surface area contributed by atoms with Crippen LogP contribution in [-0.2, 0) is 0 Å². The molecule has 0 bridgehead atoms. The first-order valence-electron chi connectivity index (χ1n) is 4.53. The number of carboxylic acid groups (broad SMARTS) is 1. The molecule has 1 N–H and O–H groups in total. The minimum atomic E-state index is -1.21. The van der Waals surface area contributed by atoms with Gasteiger partial charge in [0, 0.05) is 0 Å². The highest BCUT2D eigenvalue weighted by atomic mass is 19.1. The number of aromatic carboxylic acids is 1. The molecule has 0 atom stereocenters. The fourth-order valence-electron chi connectivity index (χ4n) is 1.29. The third-order valence-corrected chi connectivity index (χ3v) is 2.08. The monoisotopic (exact) mass is 221 g/mol. The molecule has 0 unspecified atom stereocenters. The van der Waals surface area contributed by atoms with Crippen molar-refractivity contribution in [3.8, 4) is 11.5 Å². The normalized spacial score (nSPS) is 10.4. The molecule has 5 heteroatoms. The minimum Gasteiger partial charge on any atom is -0.476 e. The molecule has 0 amide bonds. The zero-order valence-electron chi connectivity index (χ0n) is 8.40. The quantitative estimate of drug-likeness (QED) is 0.846. The lowest BCUT2D eigenvalue weighted by Gasteiger charge is -1.98. The third-order valence-electron chi connectivity index (χ3n) is 2.08. The second-order valence-corrected chi connectivity index (χ2v) is 3.33. The Hall–Kier alpha value is -2.17. The average molecular weight is 221 g/mol. The van der Waals surface area contributed by atoms with Gasteiger partial charge in [-0.15, -0.1) is 0 Å². The van der Waals surface area contributed by atoms with E-state index in [2.05, 4.69) is 4.98 Å². The van der Waals surface area contributed by atoms with E-state index in [1.807, 2.05) is 0 Å². The van der Waals surface area contributed by atoms with Gasteiger partial charge in [-0.1, -0.05) is 6.07 Å². The second kappa shape index (κ2) is 3.77. The summed E-state index contributed by atoms with van der Waals surface area (Å²) in [4.78, 5) is 14.2. The summed E-state index contributed by atoms with van der Waals surface area (Å²) in [5.41, 5.74) is 0.680. The number of nitrogens with zero attached hydrogens (tertiary/aromatic N) is 1. The summed E-state index contributed by atoms with van der Waals surface area (Å²) in [6.45, 7) is 1.76. The van der Waals surface area contributed by atoms with Crippen LogP contribution in [0.25, 0.3) is 11.5 Å². The summed E-state index contributed by atoms with van der Waals surface area (Å²) < 4.78 is 18.4. The van der Waals surface area contributed by atoms with Gasteiger partial charge in [0.1, 0.15) is 12.1 Å². The van der Waals surface area contributed by atoms with Gasteiger partial charge in [-0.3, -0.25) is 0 Å². The number of aromatic nitrogens is 1. The molecular formula is C11H8FNO3. The third kappa shape index (κ3) is 1.79. The summed E-state index contributed by atoms with van der Waals surface area (Å²) in [7, 11) is 0. The maximum atomic E-state index is 13.5. The van der Waals surface area contributed by atoms with Crippen LogP contribution in [-0.4, -0.2) is 16.1 Å². The lowest BCUT2D eigenvalue weighted by molar-refractivity contribution is 0.0690. The molecule has 0 aliphatic carbocycles. The van der Waals surface area contributed by atoms with E-state index < -0.39 is 11.8 Å². The van der Waals surface area contributed by atoms with Crippen molar-refractivity contribution in [2.24, 2.45) is 0 Å². The van der Waals surface area contributed by atoms with Crippen molar-refractivity contribution in [2.75, 3.05) is 0 Å². The number of halogens is 1. The van der Waals surface area contributed by atoms with Gasteiger partial charge in [0.2, 0.25) is 5.89 Å². The molecule has 1 heterocycles. The summed E-state index contributed by atoms with van der Waals surface area (Å²) in [6, 6.07) is 4.53. The molecule has 0 saturated heterocycles. The van der Waals surface area contributed by atoms with Crippen LogP contribution < -0.4 is 0 Å². The molecule has 82 valence electrons. The molecule has 0 aliphatic rings. The van der Waals surface area contributed by atoms with Crippen molar-refractivity contribution in [1.29, 1.82) is 0 Å². The number of aryl methyl sites for hydroxylation is 1. The van der Waals surface area contributed by atoms with E-state index in [-0.39, 0.29) is 17.1 Å². The number of benzene rings is 1. The van der Waals surface area contributed by atoms with Crippen molar-refractivity contribution in [3.63, 3.8) is 0 Å². The maximum absolute atomic E-state index is 13.5. The fraction of sp³-hybridized carbons (Fsp3) is 0.0909. The molecule has 2 rings (SSSR count).